The number of carbonyl (C=O) groups excluding carboxylic acids is 2. The maximum atomic E-state index is 12.5. The van der Waals surface area contributed by atoms with Crippen LogP contribution in [0, 0.1) is 16.7 Å². The molecule has 1 rings (SSSR count). The summed E-state index contributed by atoms with van der Waals surface area (Å²) in [6.07, 6.45) is 1.85. The van der Waals surface area contributed by atoms with E-state index in [9.17, 15) is 14.9 Å². The summed E-state index contributed by atoms with van der Waals surface area (Å²) in [5.74, 6) is -0.0303. The fourth-order valence-electron chi connectivity index (χ4n) is 2.50. The molecule has 1 aliphatic rings. The number of hydrogen-bond acceptors (Lipinski definition) is 3. The number of rotatable bonds is 3. The van der Waals surface area contributed by atoms with Gasteiger partial charge in [-0.05, 0) is 19.3 Å². The highest BCUT2D eigenvalue weighted by Gasteiger charge is 2.38. The van der Waals surface area contributed by atoms with Gasteiger partial charge in [0.1, 0.15) is 5.41 Å². The third-order valence-corrected chi connectivity index (χ3v) is 4.06. The molecule has 5 heteroatoms. The zero-order chi connectivity index (χ0) is 14.5. The van der Waals surface area contributed by atoms with Crippen molar-refractivity contribution < 1.29 is 9.59 Å². The van der Waals surface area contributed by atoms with Gasteiger partial charge in [0.05, 0.1) is 6.07 Å². The number of hydrogen-bond donors (Lipinski definition) is 0. The van der Waals surface area contributed by atoms with Crippen molar-refractivity contribution in [1.29, 1.82) is 5.26 Å². The molecule has 0 spiro atoms. The molecule has 0 saturated carbocycles. The second kappa shape index (κ2) is 6.55. The van der Waals surface area contributed by atoms with Gasteiger partial charge >= 0.3 is 0 Å². The number of nitrogens with zero attached hydrogens (tertiary/aromatic N) is 3. The smallest absolute Gasteiger partial charge is 0.243 e. The van der Waals surface area contributed by atoms with E-state index in [1.807, 2.05) is 13.8 Å². The van der Waals surface area contributed by atoms with Crippen molar-refractivity contribution >= 4 is 11.8 Å². The van der Waals surface area contributed by atoms with Crippen LogP contribution in [0.15, 0.2) is 0 Å². The summed E-state index contributed by atoms with van der Waals surface area (Å²) in [6, 6.07) is 2.19. The van der Waals surface area contributed by atoms with E-state index in [4.69, 9.17) is 0 Å². The molecule has 0 aromatic carbocycles. The molecule has 0 unspecified atom stereocenters. The second-order valence-corrected chi connectivity index (χ2v) is 5.05. The summed E-state index contributed by atoms with van der Waals surface area (Å²) in [6.45, 7) is 7.73. The topological polar surface area (TPSA) is 64.4 Å². The van der Waals surface area contributed by atoms with E-state index >= 15 is 0 Å². The molecule has 2 amide bonds. The van der Waals surface area contributed by atoms with Gasteiger partial charge < -0.3 is 9.80 Å². The molecular formula is C14H23N3O2. The summed E-state index contributed by atoms with van der Waals surface area (Å²) in [7, 11) is 0. The van der Waals surface area contributed by atoms with E-state index in [1.54, 1.807) is 16.7 Å². The van der Waals surface area contributed by atoms with Crippen LogP contribution in [0.5, 0.6) is 0 Å². The molecule has 1 fully saturated rings. The molecule has 0 N–H and O–H groups in total. The first-order chi connectivity index (χ1) is 9.00. The molecular weight excluding hydrogens is 242 g/mol. The summed E-state index contributed by atoms with van der Waals surface area (Å²) in [5.41, 5.74) is -0.897. The molecule has 106 valence electrons. The Morgan fingerprint density at radius 1 is 1.11 bits per heavy atom. The Labute approximate surface area is 115 Å². The first kappa shape index (κ1) is 15.5. The van der Waals surface area contributed by atoms with Gasteiger partial charge in [0.15, 0.2) is 0 Å². The third kappa shape index (κ3) is 3.25. The summed E-state index contributed by atoms with van der Waals surface area (Å²) >= 11 is 0. The summed E-state index contributed by atoms with van der Waals surface area (Å²) in [5, 5.41) is 9.33. The number of amides is 2. The van der Waals surface area contributed by atoms with Gasteiger partial charge in [-0.1, -0.05) is 13.8 Å². The van der Waals surface area contributed by atoms with Crippen molar-refractivity contribution in [3.05, 3.63) is 0 Å². The average molecular weight is 265 g/mol. The fourth-order valence-corrected chi connectivity index (χ4v) is 2.50. The SMILES string of the molecule is CCC(C#N)(CC)C(=O)N1CCCN(C(C)=O)CC1. The molecule has 1 saturated heterocycles. The third-order valence-electron chi connectivity index (χ3n) is 4.06. The van der Waals surface area contributed by atoms with E-state index in [2.05, 4.69) is 6.07 Å². The van der Waals surface area contributed by atoms with Crippen molar-refractivity contribution in [2.75, 3.05) is 26.2 Å². The van der Waals surface area contributed by atoms with Gasteiger partial charge in [0.2, 0.25) is 11.8 Å². The Balaban J connectivity index is 2.78. The van der Waals surface area contributed by atoms with Crippen LogP contribution in [0.1, 0.15) is 40.0 Å². The average Bonchev–Trinajstić information content (AvgIpc) is 2.67. The van der Waals surface area contributed by atoms with Crippen LogP contribution in [0.25, 0.3) is 0 Å². The first-order valence-electron chi connectivity index (χ1n) is 6.97. The minimum Gasteiger partial charge on any atom is -0.341 e. The Bertz CT molecular complexity index is 383. The standard InChI is InChI=1S/C14H23N3O2/c1-4-14(5-2,11-15)13(19)17-8-6-7-16(9-10-17)12(3)18/h4-10H2,1-3H3. The van der Waals surface area contributed by atoms with Crippen molar-refractivity contribution in [2.45, 2.75) is 40.0 Å². The van der Waals surface area contributed by atoms with Crippen molar-refractivity contribution in [3.63, 3.8) is 0 Å². The minimum absolute atomic E-state index is 0.0480. The fraction of sp³-hybridized carbons (Fsp3) is 0.786. The monoisotopic (exact) mass is 265 g/mol. The Hall–Kier alpha value is -1.57. The summed E-state index contributed by atoms with van der Waals surface area (Å²) in [4.78, 5) is 27.4. The minimum atomic E-state index is -0.897. The first-order valence-corrected chi connectivity index (χ1v) is 6.97. The predicted molar refractivity (Wildman–Crippen MR) is 72.1 cm³/mol. The molecule has 0 bridgehead atoms. The van der Waals surface area contributed by atoms with Crippen LogP contribution in [-0.2, 0) is 9.59 Å². The van der Waals surface area contributed by atoms with E-state index in [0.29, 0.717) is 39.0 Å². The lowest BCUT2D eigenvalue weighted by atomic mass is 9.82. The quantitative estimate of drug-likeness (QED) is 0.774. The van der Waals surface area contributed by atoms with Gasteiger partial charge in [-0.3, -0.25) is 9.59 Å². The molecule has 0 atom stereocenters. The van der Waals surface area contributed by atoms with Crippen LogP contribution < -0.4 is 0 Å². The maximum absolute atomic E-state index is 12.5. The van der Waals surface area contributed by atoms with Crippen molar-refractivity contribution in [1.82, 2.24) is 9.80 Å². The molecule has 19 heavy (non-hydrogen) atoms. The second-order valence-electron chi connectivity index (χ2n) is 5.05. The zero-order valence-corrected chi connectivity index (χ0v) is 12.1. The lowest BCUT2D eigenvalue weighted by Gasteiger charge is -2.30. The van der Waals surface area contributed by atoms with Crippen LogP contribution in [0.2, 0.25) is 0 Å². The normalized spacial score (nSPS) is 16.7. The van der Waals surface area contributed by atoms with Crippen LogP contribution in [-0.4, -0.2) is 47.8 Å². The largest absolute Gasteiger partial charge is 0.341 e. The highest BCUT2D eigenvalue weighted by molar-refractivity contribution is 5.85. The molecule has 0 aromatic heterocycles. The van der Waals surface area contributed by atoms with Gasteiger partial charge in [-0.15, -0.1) is 0 Å². The van der Waals surface area contributed by atoms with Gasteiger partial charge in [-0.2, -0.15) is 5.26 Å². The molecule has 0 radical (unpaired) electrons. The van der Waals surface area contributed by atoms with Gasteiger partial charge in [0, 0.05) is 33.1 Å². The number of carbonyl (C=O) groups is 2. The summed E-state index contributed by atoms with van der Waals surface area (Å²) < 4.78 is 0. The molecule has 5 nitrogen and oxygen atoms in total. The molecule has 1 heterocycles. The van der Waals surface area contributed by atoms with Crippen LogP contribution in [0.4, 0.5) is 0 Å². The van der Waals surface area contributed by atoms with E-state index in [0.717, 1.165) is 6.42 Å². The molecule has 0 aromatic rings. The van der Waals surface area contributed by atoms with Crippen LogP contribution >= 0.6 is 0 Å². The Morgan fingerprint density at radius 2 is 1.63 bits per heavy atom. The number of nitriles is 1. The van der Waals surface area contributed by atoms with Gasteiger partial charge in [-0.25, -0.2) is 0 Å². The highest BCUT2D eigenvalue weighted by Crippen LogP contribution is 2.28. The van der Waals surface area contributed by atoms with Crippen molar-refractivity contribution in [3.8, 4) is 6.07 Å². The predicted octanol–water partition coefficient (Wildman–Crippen LogP) is 1.40. The van der Waals surface area contributed by atoms with Gasteiger partial charge in [0.25, 0.3) is 0 Å². The lowest BCUT2D eigenvalue weighted by Crippen LogP contribution is -2.44. The Morgan fingerprint density at radius 3 is 2.11 bits per heavy atom. The van der Waals surface area contributed by atoms with E-state index in [1.165, 1.54) is 0 Å². The maximum Gasteiger partial charge on any atom is 0.243 e. The highest BCUT2D eigenvalue weighted by atomic mass is 16.2. The molecule has 1 aliphatic heterocycles. The Kier molecular flexibility index (Phi) is 5.34. The zero-order valence-electron chi connectivity index (χ0n) is 12.1. The van der Waals surface area contributed by atoms with E-state index < -0.39 is 5.41 Å². The van der Waals surface area contributed by atoms with Crippen LogP contribution in [0.3, 0.4) is 0 Å². The lowest BCUT2D eigenvalue weighted by molar-refractivity contribution is -0.139. The molecule has 0 aliphatic carbocycles. The van der Waals surface area contributed by atoms with Crippen molar-refractivity contribution in [2.24, 2.45) is 5.41 Å². The van der Waals surface area contributed by atoms with E-state index in [-0.39, 0.29) is 11.8 Å².